The molecule has 0 bridgehead atoms. The Morgan fingerprint density at radius 1 is 0.889 bits per heavy atom. The van der Waals surface area contributed by atoms with Gasteiger partial charge in [0.05, 0.1) is 0 Å². The molecule has 8 heteroatoms. The van der Waals surface area contributed by atoms with Crippen molar-refractivity contribution in [2.45, 2.75) is 0 Å². The molecule has 0 aromatic rings. The molecular formula is CH5Br5N2Sn. The normalized spacial score (nSPS) is 1.33. The van der Waals surface area contributed by atoms with Crippen LogP contribution in [0.4, 0.5) is 0 Å². The van der Waals surface area contributed by atoms with Crippen LogP contribution in [0.2, 0.25) is 0 Å². The van der Waals surface area contributed by atoms with E-state index in [0.717, 1.165) is 6.34 Å². The van der Waals surface area contributed by atoms with Gasteiger partial charge in [-0.25, -0.2) is 0 Å². The third-order valence-electron chi connectivity index (χ3n) is 0. The van der Waals surface area contributed by atoms with Gasteiger partial charge in [-0.15, -0.1) is 0 Å². The zero-order chi connectivity index (χ0) is 2.71. The van der Waals surface area contributed by atoms with Crippen LogP contribution in [0.3, 0.4) is 0 Å². The molecule has 0 rings (SSSR count). The average Bonchev–Trinajstić information content (AvgIpc) is 0.918. The van der Waals surface area contributed by atoms with Gasteiger partial charge in [0.2, 0.25) is 6.34 Å². The Bertz CT molecular complexity index is 22.4. The van der Waals surface area contributed by atoms with Crippen LogP contribution in [0.25, 0.3) is 0 Å². The maximum Gasteiger partial charge on any atom is 4.00 e. The molecule has 0 unspecified atom stereocenters. The zero-order valence-corrected chi connectivity index (χ0v) is 14.9. The van der Waals surface area contributed by atoms with E-state index < -0.39 is 0 Å². The second kappa shape index (κ2) is 74.1. The fourth-order valence-electron chi connectivity index (χ4n) is 0. The second-order valence-electron chi connectivity index (χ2n) is 0.192. The molecule has 0 aliphatic carbocycles. The molecule has 0 aliphatic rings. The fourth-order valence-corrected chi connectivity index (χ4v) is 0. The van der Waals surface area contributed by atoms with Crippen molar-refractivity contribution in [2.24, 2.45) is 5.73 Å². The first-order valence-corrected chi connectivity index (χ1v) is 0.667. The molecule has 0 spiro atoms. The van der Waals surface area contributed by atoms with E-state index >= 15 is 0 Å². The number of nitrogens with two attached hydrogens (primary N) is 2. The molecule has 2 nitrogen and oxygen atoms in total. The van der Waals surface area contributed by atoms with Gasteiger partial charge < -0.3 is 84.9 Å². The molecule has 0 fully saturated rings. The van der Waals surface area contributed by atoms with Crippen molar-refractivity contribution in [1.82, 2.24) is 0 Å². The smallest absolute Gasteiger partial charge is 1.00 e. The van der Waals surface area contributed by atoms with Crippen LogP contribution in [0.5, 0.6) is 0 Å². The van der Waals surface area contributed by atoms with E-state index in [1.54, 1.807) is 0 Å². The molecule has 0 radical (unpaired) electrons. The summed E-state index contributed by atoms with van der Waals surface area (Å²) in [5.41, 5.74) is 4.50. The van der Waals surface area contributed by atoms with Crippen LogP contribution < -0.4 is 96.1 Å². The molecule has 0 aliphatic heterocycles. The van der Waals surface area contributed by atoms with Gasteiger partial charge in [0.25, 0.3) is 0 Å². The molecule has 0 amide bonds. The summed E-state index contributed by atoms with van der Waals surface area (Å²) in [6.07, 6.45) is 1.00. The first kappa shape index (κ1) is 60.9. The van der Waals surface area contributed by atoms with Gasteiger partial charge in [0.15, 0.2) is 0 Å². The molecule has 0 atom stereocenters. The van der Waals surface area contributed by atoms with Crippen LogP contribution in [-0.4, -0.2) is 30.2 Å². The Morgan fingerprint density at radius 3 is 0.889 bits per heavy atom. The number of halogens is 5. The van der Waals surface area contributed by atoms with Crippen molar-refractivity contribution in [3.8, 4) is 0 Å². The quantitative estimate of drug-likeness (QED) is 0.172. The molecule has 9 heavy (non-hydrogen) atoms. The van der Waals surface area contributed by atoms with Gasteiger partial charge in [0.1, 0.15) is 0 Å². The van der Waals surface area contributed by atoms with E-state index in [2.05, 4.69) is 11.1 Å². The Morgan fingerprint density at radius 2 is 0.889 bits per heavy atom. The van der Waals surface area contributed by atoms with E-state index in [1.807, 2.05) is 0 Å². The Balaban J connectivity index is -0.00000000133. The molecule has 58 valence electrons. The van der Waals surface area contributed by atoms with Gasteiger partial charge >= 0.3 is 23.9 Å². The minimum atomic E-state index is 0. The van der Waals surface area contributed by atoms with Crippen molar-refractivity contribution in [2.75, 3.05) is 0 Å². The minimum absolute atomic E-state index is 0. The van der Waals surface area contributed by atoms with Crippen molar-refractivity contribution < 1.29 is 90.3 Å². The number of hydrogen-bond donors (Lipinski definition) is 2. The van der Waals surface area contributed by atoms with E-state index in [1.165, 1.54) is 0 Å². The summed E-state index contributed by atoms with van der Waals surface area (Å²) in [6, 6.07) is 0. The summed E-state index contributed by atoms with van der Waals surface area (Å²) >= 11 is 0. The number of hydrogen-bond acceptors (Lipinski definition) is 0. The van der Waals surface area contributed by atoms with E-state index in [0.29, 0.717) is 0 Å². The molecule has 0 saturated carbocycles. The maximum absolute atomic E-state index is 4.50. The van der Waals surface area contributed by atoms with E-state index in [-0.39, 0.29) is 109 Å². The van der Waals surface area contributed by atoms with Gasteiger partial charge in [0, 0.05) is 0 Å². The minimum Gasteiger partial charge on any atom is -1.00 e. The summed E-state index contributed by atoms with van der Waals surface area (Å²) in [5.74, 6) is 0. The van der Waals surface area contributed by atoms with Crippen LogP contribution in [0.1, 0.15) is 0 Å². The van der Waals surface area contributed by atoms with Gasteiger partial charge in [-0.1, -0.05) is 0 Å². The summed E-state index contributed by atoms with van der Waals surface area (Å²) in [6.45, 7) is 0. The molecule has 0 saturated heterocycles. The van der Waals surface area contributed by atoms with Gasteiger partial charge in [-0.2, -0.15) is 0 Å². The molecule has 4 N–H and O–H groups in total. The first-order chi connectivity index (χ1) is 1.41. The zero-order valence-electron chi connectivity index (χ0n) is 4.12. The van der Waals surface area contributed by atoms with Crippen molar-refractivity contribution in [1.29, 1.82) is 0 Å². The van der Waals surface area contributed by atoms with Gasteiger partial charge in [-0.05, 0) is 0 Å². The summed E-state index contributed by atoms with van der Waals surface area (Å²) in [4.78, 5) is 0. The SMILES string of the molecule is NC=[NH2+].[Br-].[Br-].[Br-].[Br-].[Br-].[Sn+4]. The van der Waals surface area contributed by atoms with E-state index in [9.17, 15) is 0 Å². The summed E-state index contributed by atoms with van der Waals surface area (Å²) in [5, 5.41) is 4.50. The Kier molecular flexibility index (Phi) is 502. The van der Waals surface area contributed by atoms with Crippen LogP contribution in [-0.2, 0) is 0 Å². The predicted octanol–water partition coefficient (Wildman–Crippen LogP) is -17.6. The Labute approximate surface area is 124 Å². The topological polar surface area (TPSA) is 51.6 Å². The van der Waals surface area contributed by atoms with E-state index in [4.69, 9.17) is 0 Å². The average molecular weight is 563 g/mol. The molecule has 0 heterocycles. The monoisotopic (exact) mass is 560 g/mol. The standard InChI is InChI=1S/CH4N2.5BrH.Sn/c2-1-3;;;;;;/h1H,(H3,2,3);5*1H;/q;;;;;;+4/p-4. The van der Waals surface area contributed by atoms with Gasteiger partial charge in [-0.3, -0.25) is 11.1 Å². The largest absolute Gasteiger partial charge is 4.00 e. The van der Waals surface area contributed by atoms with Crippen LogP contribution in [0, 0.1) is 0 Å². The molecule has 0 aromatic heterocycles. The summed E-state index contributed by atoms with van der Waals surface area (Å²) < 4.78 is 0. The molecule has 0 aromatic carbocycles. The number of rotatable bonds is 0. The van der Waals surface area contributed by atoms with Crippen molar-refractivity contribution in [3.05, 3.63) is 0 Å². The Hall–Kier alpha value is 2.67. The third kappa shape index (κ3) is 113. The summed E-state index contributed by atoms with van der Waals surface area (Å²) in [7, 11) is 0. The van der Waals surface area contributed by atoms with Crippen LogP contribution in [0.15, 0.2) is 0 Å². The third-order valence-corrected chi connectivity index (χ3v) is 0. The first-order valence-electron chi connectivity index (χ1n) is 0.667. The van der Waals surface area contributed by atoms with Crippen LogP contribution >= 0.6 is 0 Å². The second-order valence-corrected chi connectivity index (χ2v) is 0.192. The fraction of sp³-hybridized carbons (Fsp3) is 0. The predicted molar refractivity (Wildman–Crippen MR) is 17.9 cm³/mol. The maximum atomic E-state index is 4.50. The van der Waals surface area contributed by atoms with Crippen molar-refractivity contribution >= 4 is 30.2 Å². The van der Waals surface area contributed by atoms with Crippen molar-refractivity contribution in [3.63, 3.8) is 0 Å². The molecular weight excluding hydrogens is 558 g/mol.